The van der Waals surface area contributed by atoms with E-state index in [-0.39, 0.29) is 0 Å². The first kappa shape index (κ1) is 68.0. The average molecular weight is 1460 g/mol. The first-order valence-corrected chi connectivity index (χ1v) is 36.5. The van der Waals surface area contributed by atoms with E-state index in [4.69, 9.17) is 54.2 Å². The van der Waals surface area contributed by atoms with Crippen LogP contribution < -0.4 is 5.46 Å². The van der Waals surface area contributed by atoms with Crippen LogP contribution in [-0.2, 0) is 9.31 Å². The Balaban J connectivity index is 0.000000126. The van der Waals surface area contributed by atoms with Crippen LogP contribution in [0.25, 0.3) is 158 Å². The number of hydrogen-bond acceptors (Lipinski definition) is 12. The molecule has 0 atom stereocenters. The molecule has 0 N–H and O–H groups in total. The molecule has 8 aromatic heterocycles. The van der Waals surface area contributed by atoms with Gasteiger partial charge in [-0.05, 0) is 117 Å². The lowest BCUT2D eigenvalue weighted by Crippen LogP contribution is -2.41. The Kier molecular flexibility index (Phi) is 18.5. The highest BCUT2D eigenvalue weighted by Crippen LogP contribution is 2.40. The maximum atomic E-state index is 6.25. The maximum absolute atomic E-state index is 6.25. The molecule has 1 aliphatic rings. The molecule has 108 heavy (non-hydrogen) atoms. The van der Waals surface area contributed by atoms with Gasteiger partial charge in [0.1, 0.15) is 22.9 Å². The van der Waals surface area contributed by atoms with Crippen molar-refractivity contribution in [1.29, 1.82) is 0 Å². The predicted octanol–water partition coefficient (Wildman–Crippen LogP) is 21.2. The smallest absolute Gasteiger partial charge is 0.399 e. The summed E-state index contributed by atoms with van der Waals surface area (Å²) in [5.41, 5.74) is 17.8. The van der Waals surface area contributed by atoms with Gasteiger partial charge in [-0.1, -0.05) is 271 Å². The van der Waals surface area contributed by atoms with Crippen LogP contribution in [0.3, 0.4) is 0 Å². The lowest BCUT2D eigenvalue weighted by atomic mass is 9.78. The van der Waals surface area contributed by atoms with Crippen molar-refractivity contribution in [3.05, 3.63) is 344 Å². The van der Waals surface area contributed by atoms with Gasteiger partial charge < -0.3 is 9.31 Å². The molecule has 0 aliphatic carbocycles. The van der Waals surface area contributed by atoms with Crippen LogP contribution in [0.15, 0.2) is 344 Å². The second-order valence-corrected chi connectivity index (χ2v) is 28.1. The highest BCUT2D eigenvalue weighted by molar-refractivity contribution is 9.10. The van der Waals surface area contributed by atoms with Crippen molar-refractivity contribution in [2.75, 3.05) is 0 Å². The SMILES string of the molecule is Brc1cccc(-c2nc(-c3ccccc3)c3ccc4cccnc4n23)c1.CC1(C)OB(c2cccc(-c3nc(-c4ccccc4)nc(-c4ccccc4)n3)c2)OC1(C)C.c1ccc(-c2nc(-c3ccccc3)nc(-c3cccc(-c4cccc(-c5nc(-c6ccccc6)c6ccc7cccnc7n56)c4)c3)n2)cc1. The normalized spacial score (nSPS) is 12.9. The van der Waals surface area contributed by atoms with Crippen LogP contribution >= 0.6 is 15.9 Å². The fourth-order valence-electron chi connectivity index (χ4n) is 13.4. The second kappa shape index (κ2) is 29.4. The van der Waals surface area contributed by atoms with Crippen molar-refractivity contribution < 1.29 is 9.31 Å². The van der Waals surface area contributed by atoms with Gasteiger partial charge in [0.2, 0.25) is 0 Å². The summed E-state index contributed by atoms with van der Waals surface area (Å²) in [6.45, 7) is 8.23. The minimum Gasteiger partial charge on any atom is -0.399 e. The maximum Gasteiger partial charge on any atom is 0.494 e. The summed E-state index contributed by atoms with van der Waals surface area (Å²) in [6, 6.07) is 110. The third kappa shape index (κ3) is 13.9. The molecule has 1 fully saturated rings. The number of nitrogens with zero attached hydrogens (tertiary/aromatic N) is 12. The fraction of sp³-hybridized carbons (Fsp3) is 0.0652. The van der Waals surface area contributed by atoms with Crippen molar-refractivity contribution in [2.45, 2.75) is 38.9 Å². The molecule has 0 saturated carbocycles. The number of rotatable bonds is 12. The number of fused-ring (bicyclic) bond motifs is 6. The number of benzene rings is 10. The summed E-state index contributed by atoms with van der Waals surface area (Å²) in [7, 11) is -0.445. The number of hydrogen-bond donors (Lipinski definition) is 0. The molecule has 19 rings (SSSR count). The standard InChI is InChI=1S/C43H28N6.C27H26BN3O2.C22H14BrN3/c1-4-13-29(14-5-1)38-37-25-24-32-23-12-26-44-42(32)49(37)43(45-38)36-22-11-20-34(28-36)33-19-10-21-35(27-33)41-47-39(30-15-6-2-7-16-30)46-40(48-41)31-17-8-3-9-18-31;1-26(2)27(3,4)33-28(32-26)22-17-11-16-21(18-22)25-30-23(19-12-7-5-8-13-19)29-24(31-25)20-14-9-6-10-15-20;23-18-10-4-8-17(14-18)22-25-20(15-6-2-1-3-7-15)19-12-11-16-9-5-13-24-21(16)26(19)22/h1-28H;5-18H,1-4H3;1-14H. The molecule has 18 aromatic rings. The summed E-state index contributed by atoms with van der Waals surface area (Å²) in [4.78, 5) is 48.9. The predicted molar refractivity (Wildman–Crippen MR) is 437 cm³/mol. The van der Waals surface area contributed by atoms with Crippen LogP contribution in [0.5, 0.6) is 0 Å². The largest absolute Gasteiger partial charge is 0.494 e. The van der Waals surface area contributed by atoms with E-state index in [1.165, 1.54) is 0 Å². The summed E-state index contributed by atoms with van der Waals surface area (Å²) in [5.74, 6) is 5.52. The van der Waals surface area contributed by atoms with E-state index in [0.717, 1.165) is 133 Å². The summed E-state index contributed by atoms with van der Waals surface area (Å²) < 4.78 is 17.9. The zero-order valence-corrected chi connectivity index (χ0v) is 61.1. The van der Waals surface area contributed by atoms with Crippen LogP contribution in [0.1, 0.15) is 27.7 Å². The Bertz CT molecular complexity index is 6160. The monoisotopic (exact) mass is 1460 g/mol. The average Bonchev–Trinajstić information content (AvgIpc) is 1.60. The Morgan fingerprint density at radius 2 is 0.593 bits per heavy atom. The van der Waals surface area contributed by atoms with Crippen LogP contribution in [0, 0.1) is 0 Å². The van der Waals surface area contributed by atoms with Gasteiger partial charge in [-0.15, -0.1) is 0 Å². The van der Waals surface area contributed by atoms with Gasteiger partial charge in [-0.3, -0.25) is 8.80 Å². The minimum atomic E-state index is -0.445. The third-order valence-corrected chi connectivity index (χ3v) is 20.0. The second-order valence-electron chi connectivity index (χ2n) is 27.2. The topological polar surface area (TPSA) is 156 Å². The molecule has 9 heterocycles. The molecule has 1 aliphatic heterocycles. The van der Waals surface area contributed by atoms with Gasteiger partial charge in [0, 0.05) is 83.3 Å². The van der Waals surface area contributed by atoms with Crippen molar-refractivity contribution in [1.82, 2.24) is 58.6 Å². The van der Waals surface area contributed by atoms with Crippen molar-refractivity contribution in [2.24, 2.45) is 0 Å². The zero-order valence-electron chi connectivity index (χ0n) is 59.5. The number of halogens is 1. The van der Waals surface area contributed by atoms with E-state index < -0.39 is 18.3 Å². The number of pyridine rings is 4. The van der Waals surface area contributed by atoms with E-state index in [0.29, 0.717) is 34.9 Å². The van der Waals surface area contributed by atoms with Gasteiger partial charge in [0.05, 0.1) is 33.6 Å². The first-order chi connectivity index (χ1) is 52.9. The Hall–Kier alpha value is -13.1. The lowest BCUT2D eigenvalue weighted by Gasteiger charge is -2.32. The molecule has 0 unspecified atom stereocenters. The number of aromatic nitrogens is 12. The quantitative estimate of drug-likeness (QED) is 0.107. The van der Waals surface area contributed by atoms with Crippen LogP contribution in [0.4, 0.5) is 0 Å². The Morgan fingerprint density at radius 3 is 0.991 bits per heavy atom. The molecule has 10 aromatic carbocycles. The van der Waals surface area contributed by atoms with Crippen molar-refractivity contribution >= 4 is 61.6 Å². The molecule has 16 heteroatoms. The van der Waals surface area contributed by atoms with Crippen molar-refractivity contribution in [3.8, 4) is 125 Å². The van der Waals surface area contributed by atoms with Crippen LogP contribution in [0.2, 0.25) is 0 Å². The van der Waals surface area contributed by atoms with E-state index in [1.807, 2.05) is 219 Å². The Labute approximate surface area is 633 Å². The molecule has 0 radical (unpaired) electrons. The zero-order chi connectivity index (χ0) is 73.1. The fourth-order valence-corrected chi connectivity index (χ4v) is 13.8. The molecular weight excluding hydrogens is 1400 g/mol. The molecule has 0 amide bonds. The summed E-state index contributed by atoms with van der Waals surface area (Å²) >= 11 is 3.57. The van der Waals surface area contributed by atoms with E-state index in [1.54, 1.807) is 0 Å². The van der Waals surface area contributed by atoms with Gasteiger partial charge >= 0.3 is 7.12 Å². The van der Waals surface area contributed by atoms with E-state index in [2.05, 4.69) is 179 Å². The summed E-state index contributed by atoms with van der Waals surface area (Å²) in [5, 5.41) is 2.15. The number of imidazole rings is 2. The Morgan fingerprint density at radius 1 is 0.278 bits per heavy atom. The van der Waals surface area contributed by atoms with Gasteiger partial charge in [0.25, 0.3) is 0 Å². The van der Waals surface area contributed by atoms with Gasteiger partial charge in [0.15, 0.2) is 34.9 Å². The first-order valence-electron chi connectivity index (χ1n) is 35.7. The van der Waals surface area contributed by atoms with E-state index in [9.17, 15) is 0 Å². The highest BCUT2D eigenvalue weighted by Gasteiger charge is 2.51. The highest BCUT2D eigenvalue weighted by atomic mass is 79.9. The molecular formula is C92H68BBrN12O2. The minimum absolute atomic E-state index is 0.401. The third-order valence-electron chi connectivity index (χ3n) is 19.5. The van der Waals surface area contributed by atoms with Gasteiger partial charge in [-0.2, -0.15) is 0 Å². The summed E-state index contributed by atoms with van der Waals surface area (Å²) in [6.07, 6.45) is 3.66. The molecule has 14 nitrogen and oxygen atoms in total. The van der Waals surface area contributed by atoms with E-state index >= 15 is 0 Å². The van der Waals surface area contributed by atoms with Crippen molar-refractivity contribution in [3.63, 3.8) is 0 Å². The van der Waals surface area contributed by atoms with Crippen LogP contribution in [-0.4, -0.2) is 77.0 Å². The molecule has 518 valence electrons. The molecule has 1 saturated heterocycles. The van der Waals surface area contributed by atoms with Gasteiger partial charge in [-0.25, -0.2) is 49.8 Å². The molecule has 0 spiro atoms. The molecule has 0 bridgehead atoms. The lowest BCUT2D eigenvalue weighted by molar-refractivity contribution is 0.00578.